The Kier molecular flexibility index (Phi) is 3.99. The number of anilines is 1. The number of fused-ring (bicyclic) bond motifs is 1. The number of nitrogens with zero attached hydrogens (tertiary/aromatic N) is 3. The lowest BCUT2D eigenvalue weighted by Crippen LogP contribution is -2.45. The smallest absolute Gasteiger partial charge is 0.328 e. The third-order valence-corrected chi connectivity index (χ3v) is 3.90. The van der Waals surface area contributed by atoms with Crippen LogP contribution >= 0.6 is 0 Å². The normalized spacial score (nSPS) is 18.7. The highest BCUT2D eigenvalue weighted by atomic mass is 16.5. The Labute approximate surface area is 123 Å². The molecule has 3 rings (SSSR count). The van der Waals surface area contributed by atoms with Crippen LogP contribution < -0.4 is 4.90 Å². The van der Waals surface area contributed by atoms with E-state index >= 15 is 0 Å². The summed E-state index contributed by atoms with van der Waals surface area (Å²) in [6.07, 6.45) is 4.71. The number of hydrogen-bond donors (Lipinski definition) is 0. The van der Waals surface area contributed by atoms with Crippen molar-refractivity contribution >= 4 is 22.6 Å². The summed E-state index contributed by atoms with van der Waals surface area (Å²) in [6.45, 7) is 3.10. The summed E-state index contributed by atoms with van der Waals surface area (Å²) in [6, 6.07) is 7.67. The lowest BCUT2D eigenvalue weighted by Gasteiger charge is -2.36. The van der Waals surface area contributed by atoms with Crippen LogP contribution in [0.3, 0.4) is 0 Å². The van der Waals surface area contributed by atoms with Crippen LogP contribution in [0.2, 0.25) is 0 Å². The van der Waals surface area contributed by atoms with E-state index in [1.54, 1.807) is 6.20 Å². The number of hydrogen-bond acceptors (Lipinski definition) is 5. The van der Waals surface area contributed by atoms with E-state index in [-0.39, 0.29) is 12.0 Å². The lowest BCUT2D eigenvalue weighted by atomic mass is 10.0. The Morgan fingerprint density at radius 3 is 3.10 bits per heavy atom. The van der Waals surface area contributed by atoms with Crippen molar-refractivity contribution in [3.63, 3.8) is 0 Å². The third kappa shape index (κ3) is 2.68. The third-order valence-electron chi connectivity index (χ3n) is 3.90. The van der Waals surface area contributed by atoms with E-state index in [0.717, 1.165) is 42.4 Å². The van der Waals surface area contributed by atoms with Crippen molar-refractivity contribution in [2.24, 2.45) is 0 Å². The molecular weight excluding hydrogens is 266 g/mol. The largest absolute Gasteiger partial charge is 0.464 e. The summed E-state index contributed by atoms with van der Waals surface area (Å²) < 4.78 is 5.23. The maximum atomic E-state index is 12.2. The van der Waals surface area contributed by atoms with Crippen LogP contribution in [0.4, 0.5) is 5.69 Å². The van der Waals surface area contributed by atoms with Gasteiger partial charge in [0.2, 0.25) is 0 Å². The molecule has 1 fully saturated rings. The van der Waals surface area contributed by atoms with Crippen molar-refractivity contribution in [3.05, 3.63) is 30.5 Å². The van der Waals surface area contributed by atoms with Crippen molar-refractivity contribution in [3.8, 4) is 0 Å². The summed E-state index contributed by atoms with van der Waals surface area (Å²) in [5.41, 5.74) is 1.82. The van der Waals surface area contributed by atoms with Gasteiger partial charge in [-0.3, -0.25) is 0 Å². The predicted molar refractivity (Wildman–Crippen MR) is 81.2 cm³/mol. The fourth-order valence-electron chi connectivity index (χ4n) is 2.93. The van der Waals surface area contributed by atoms with Gasteiger partial charge in [-0.2, -0.15) is 10.2 Å². The average molecular weight is 285 g/mol. The molecule has 1 aromatic heterocycles. The first-order chi connectivity index (χ1) is 10.3. The van der Waals surface area contributed by atoms with Crippen molar-refractivity contribution in [2.45, 2.75) is 32.2 Å². The standard InChI is InChI=1S/C16H19N3O2/c1-2-21-16(20)14-9-5-6-10-19(14)15-11-17-18-13-8-4-3-7-12(13)15/h3-4,7-8,11,14H,2,5-6,9-10H2,1H3. The van der Waals surface area contributed by atoms with E-state index < -0.39 is 0 Å². The molecule has 1 atom stereocenters. The van der Waals surface area contributed by atoms with Gasteiger partial charge < -0.3 is 9.64 Å². The van der Waals surface area contributed by atoms with Gasteiger partial charge in [-0.1, -0.05) is 18.2 Å². The molecule has 0 N–H and O–H groups in total. The van der Waals surface area contributed by atoms with Crippen molar-refractivity contribution < 1.29 is 9.53 Å². The second kappa shape index (κ2) is 6.08. The van der Waals surface area contributed by atoms with Gasteiger partial charge >= 0.3 is 5.97 Å². The van der Waals surface area contributed by atoms with Gasteiger partial charge in [0, 0.05) is 11.9 Å². The zero-order valence-electron chi connectivity index (χ0n) is 12.2. The number of carbonyl (C=O) groups excluding carboxylic acids is 1. The van der Waals surface area contributed by atoms with Crippen LogP contribution in [-0.4, -0.2) is 35.4 Å². The molecule has 0 radical (unpaired) electrons. The van der Waals surface area contributed by atoms with E-state index in [1.165, 1.54) is 0 Å². The Bertz CT molecular complexity index is 639. The summed E-state index contributed by atoms with van der Waals surface area (Å²) in [5.74, 6) is -0.141. The first-order valence-corrected chi connectivity index (χ1v) is 7.45. The highest BCUT2D eigenvalue weighted by molar-refractivity contribution is 5.93. The fourth-order valence-corrected chi connectivity index (χ4v) is 2.93. The monoisotopic (exact) mass is 285 g/mol. The van der Waals surface area contributed by atoms with Crippen LogP contribution in [0.1, 0.15) is 26.2 Å². The van der Waals surface area contributed by atoms with E-state index in [2.05, 4.69) is 15.1 Å². The van der Waals surface area contributed by atoms with Gasteiger partial charge in [-0.05, 0) is 32.3 Å². The molecule has 1 aromatic carbocycles. The number of piperidine rings is 1. The Morgan fingerprint density at radius 1 is 1.38 bits per heavy atom. The molecule has 0 amide bonds. The molecule has 1 unspecified atom stereocenters. The predicted octanol–water partition coefficient (Wildman–Crippen LogP) is 2.55. The van der Waals surface area contributed by atoms with Crippen molar-refractivity contribution in [1.29, 1.82) is 0 Å². The van der Waals surface area contributed by atoms with E-state index in [0.29, 0.717) is 6.61 Å². The zero-order chi connectivity index (χ0) is 14.7. The van der Waals surface area contributed by atoms with E-state index in [9.17, 15) is 4.79 Å². The number of aromatic nitrogens is 2. The Hall–Kier alpha value is -2.17. The van der Waals surface area contributed by atoms with Crippen LogP contribution in [0.25, 0.3) is 10.9 Å². The number of ether oxygens (including phenoxy) is 1. The molecule has 5 heteroatoms. The first-order valence-electron chi connectivity index (χ1n) is 7.45. The molecule has 0 saturated carbocycles. The van der Waals surface area contributed by atoms with Gasteiger partial charge in [0.25, 0.3) is 0 Å². The number of benzene rings is 1. The minimum Gasteiger partial charge on any atom is -0.464 e. The van der Waals surface area contributed by atoms with Gasteiger partial charge in [0.15, 0.2) is 0 Å². The molecule has 2 heterocycles. The molecule has 0 aliphatic carbocycles. The zero-order valence-corrected chi connectivity index (χ0v) is 12.2. The highest BCUT2D eigenvalue weighted by Gasteiger charge is 2.31. The molecule has 0 spiro atoms. The highest BCUT2D eigenvalue weighted by Crippen LogP contribution is 2.30. The van der Waals surface area contributed by atoms with Crippen molar-refractivity contribution in [1.82, 2.24) is 10.2 Å². The van der Waals surface area contributed by atoms with Gasteiger partial charge in [-0.15, -0.1) is 0 Å². The minimum absolute atomic E-state index is 0.141. The first kappa shape index (κ1) is 13.8. The number of carbonyl (C=O) groups is 1. The molecule has 5 nitrogen and oxygen atoms in total. The maximum absolute atomic E-state index is 12.2. The van der Waals surface area contributed by atoms with Crippen LogP contribution in [0.15, 0.2) is 30.5 Å². The topological polar surface area (TPSA) is 55.3 Å². The molecular formula is C16H19N3O2. The molecule has 1 aliphatic rings. The van der Waals surface area contributed by atoms with Crippen LogP contribution in [0, 0.1) is 0 Å². The Morgan fingerprint density at radius 2 is 2.24 bits per heavy atom. The Balaban J connectivity index is 2.00. The quantitative estimate of drug-likeness (QED) is 0.811. The average Bonchev–Trinajstić information content (AvgIpc) is 2.54. The molecule has 0 bridgehead atoms. The summed E-state index contributed by atoms with van der Waals surface area (Å²) >= 11 is 0. The fraction of sp³-hybridized carbons (Fsp3) is 0.438. The summed E-state index contributed by atoms with van der Waals surface area (Å²) in [5, 5.41) is 9.27. The number of esters is 1. The SMILES string of the molecule is CCOC(=O)C1CCCCN1c1cnnc2ccccc12. The van der Waals surface area contributed by atoms with E-state index in [4.69, 9.17) is 4.74 Å². The molecule has 21 heavy (non-hydrogen) atoms. The molecule has 1 aliphatic heterocycles. The number of rotatable bonds is 3. The molecule has 1 saturated heterocycles. The van der Waals surface area contributed by atoms with Gasteiger partial charge in [0.1, 0.15) is 6.04 Å². The van der Waals surface area contributed by atoms with Gasteiger partial charge in [0.05, 0.1) is 24.0 Å². The maximum Gasteiger partial charge on any atom is 0.328 e. The summed E-state index contributed by atoms with van der Waals surface area (Å²) in [7, 11) is 0. The second-order valence-electron chi connectivity index (χ2n) is 5.20. The van der Waals surface area contributed by atoms with Gasteiger partial charge in [-0.25, -0.2) is 4.79 Å². The minimum atomic E-state index is -0.216. The molecule has 2 aromatic rings. The summed E-state index contributed by atoms with van der Waals surface area (Å²) in [4.78, 5) is 14.3. The molecule has 110 valence electrons. The van der Waals surface area contributed by atoms with Crippen LogP contribution in [-0.2, 0) is 9.53 Å². The van der Waals surface area contributed by atoms with Crippen LogP contribution in [0.5, 0.6) is 0 Å². The van der Waals surface area contributed by atoms with Crippen molar-refractivity contribution in [2.75, 3.05) is 18.1 Å². The van der Waals surface area contributed by atoms with E-state index in [1.807, 2.05) is 31.2 Å². The lowest BCUT2D eigenvalue weighted by molar-refractivity contribution is -0.145. The second-order valence-corrected chi connectivity index (χ2v) is 5.20.